The number of carbonyl (C=O) groups excluding carboxylic acids is 1. The zero-order valence-electron chi connectivity index (χ0n) is 19.2. The molecule has 0 saturated carbocycles. The summed E-state index contributed by atoms with van der Waals surface area (Å²) < 4.78 is 30.6. The van der Waals surface area contributed by atoms with Crippen LogP contribution >= 0.6 is 0 Å². The molecular weight excluding hydrogens is 440 g/mol. The molecule has 0 spiro atoms. The fourth-order valence-electron chi connectivity index (χ4n) is 4.43. The summed E-state index contributed by atoms with van der Waals surface area (Å²) >= 11 is 0. The van der Waals surface area contributed by atoms with Crippen LogP contribution in [0.4, 0.5) is 5.69 Å². The summed E-state index contributed by atoms with van der Waals surface area (Å²) in [5.41, 5.74) is 2.42. The largest absolute Gasteiger partial charge is 0.329 e. The number of para-hydroxylation sites is 1. The molecule has 1 aliphatic rings. The van der Waals surface area contributed by atoms with E-state index in [-0.39, 0.29) is 29.1 Å². The van der Waals surface area contributed by atoms with Crippen molar-refractivity contribution in [3.63, 3.8) is 0 Å². The number of aromatic nitrogens is 2. The predicted octanol–water partition coefficient (Wildman–Crippen LogP) is 3.37. The van der Waals surface area contributed by atoms with Crippen molar-refractivity contribution in [3.05, 3.63) is 58.5 Å². The number of hydrogen-bond donors (Lipinski definition) is 1. The standard InChI is InChI=1S/C24H30N4O4S/c1-4-18-9-5-6-10-20(18)25-23(29)16-27-22-15-19(33(31,32)26-13-7-8-14-26)11-12-21(22)28(17(2)3)24(27)30/h5-6,9-12,15,17H,4,7-8,13-14,16H2,1-3H3,(H,25,29). The number of imidazole rings is 1. The number of anilines is 1. The number of benzene rings is 2. The lowest BCUT2D eigenvalue weighted by Gasteiger charge is -2.16. The Balaban J connectivity index is 1.75. The molecule has 2 aromatic carbocycles. The fraction of sp³-hybridized carbons (Fsp3) is 0.417. The molecule has 3 aromatic rings. The highest BCUT2D eigenvalue weighted by Crippen LogP contribution is 2.26. The Hall–Kier alpha value is -2.91. The van der Waals surface area contributed by atoms with Crippen LogP contribution in [0.15, 0.2) is 52.2 Å². The van der Waals surface area contributed by atoms with Gasteiger partial charge < -0.3 is 5.32 Å². The zero-order chi connectivity index (χ0) is 23.8. The first kappa shape index (κ1) is 23.3. The molecule has 9 heteroatoms. The van der Waals surface area contributed by atoms with Gasteiger partial charge in [0.25, 0.3) is 0 Å². The predicted molar refractivity (Wildman–Crippen MR) is 129 cm³/mol. The van der Waals surface area contributed by atoms with Crippen molar-refractivity contribution in [1.82, 2.24) is 13.4 Å². The molecule has 0 aliphatic carbocycles. The van der Waals surface area contributed by atoms with Gasteiger partial charge in [0, 0.05) is 24.8 Å². The van der Waals surface area contributed by atoms with Gasteiger partial charge in [0.2, 0.25) is 15.9 Å². The number of rotatable bonds is 7. The van der Waals surface area contributed by atoms with Gasteiger partial charge in [0.05, 0.1) is 15.9 Å². The van der Waals surface area contributed by atoms with Crippen LogP contribution in [0.1, 0.15) is 45.2 Å². The van der Waals surface area contributed by atoms with Gasteiger partial charge in [-0.2, -0.15) is 4.31 Å². The quantitative estimate of drug-likeness (QED) is 0.573. The van der Waals surface area contributed by atoms with Gasteiger partial charge in [-0.1, -0.05) is 25.1 Å². The first-order valence-corrected chi connectivity index (χ1v) is 12.8. The second-order valence-corrected chi connectivity index (χ2v) is 10.6. The van der Waals surface area contributed by atoms with Gasteiger partial charge in [-0.3, -0.25) is 13.9 Å². The second kappa shape index (κ2) is 9.15. The van der Waals surface area contributed by atoms with E-state index in [1.54, 1.807) is 16.7 Å². The summed E-state index contributed by atoms with van der Waals surface area (Å²) in [4.78, 5) is 26.3. The van der Waals surface area contributed by atoms with E-state index in [2.05, 4.69) is 5.32 Å². The Morgan fingerprint density at radius 2 is 1.76 bits per heavy atom. The summed E-state index contributed by atoms with van der Waals surface area (Å²) in [6, 6.07) is 12.1. The van der Waals surface area contributed by atoms with Crippen LogP contribution in [0.5, 0.6) is 0 Å². The first-order valence-electron chi connectivity index (χ1n) is 11.4. The Morgan fingerprint density at radius 1 is 1.06 bits per heavy atom. The van der Waals surface area contributed by atoms with E-state index in [0.29, 0.717) is 29.8 Å². The van der Waals surface area contributed by atoms with Crippen molar-refractivity contribution in [2.45, 2.75) is 57.5 Å². The molecule has 1 fully saturated rings. The SMILES string of the molecule is CCc1ccccc1NC(=O)Cn1c(=O)n(C(C)C)c2ccc(S(=O)(=O)N3CCCC3)cc21. The minimum absolute atomic E-state index is 0.142. The summed E-state index contributed by atoms with van der Waals surface area (Å²) in [5, 5.41) is 2.90. The Morgan fingerprint density at radius 3 is 2.42 bits per heavy atom. The van der Waals surface area contributed by atoms with Gasteiger partial charge in [0.15, 0.2) is 0 Å². The molecule has 0 unspecified atom stereocenters. The molecule has 0 bridgehead atoms. The molecule has 176 valence electrons. The highest BCUT2D eigenvalue weighted by atomic mass is 32.2. The lowest BCUT2D eigenvalue weighted by Crippen LogP contribution is -2.30. The average molecular weight is 471 g/mol. The van der Waals surface area contributed by atoms with Crippen LogP contribution in [-0.2, 0) is 27.8 Å². The molecule has 4 rings (SSSR count). The number of aryl methyl sites for hydroxylation is 1. The van der Waals surface area contributed by atoms with Crippen molar-refractivity contribution in [3.8, 4) is 0 Å². The maximum Gasteiger partial charge on any atom is 0.329 e. The third-order valence-electron chi connectivity index (χ3n) is 6.13. The molecule has 1 aromatic heterocycles. The highest BCUT2D eigenvalue weighted by molar-refractivity contribution is 7.89. The Labute approximate surface area is 193 Å². The minimum Gasteiger partial charge on any atom is -0.324 e. The first-order chi connectivity index (χ1) is 15.7. The van der Waals surface area contributed by atoms with E-state index < -0.39 is 10.0 Å². The zero-order valence-corrected chi connectivity index (χ0v) is 20.1. The van der Waals surface area contributed by atoms with Crippen molar-refractivity contribution in [1.29, 1.82) is 0 Å². The molecule has 1 amide bonds. The van der Waals surface area contributed by atoms with Crippen LogP contribution in [0, 0.1) is 0 Å². The molecule has 0 radical (unpaired) electrons. The van der Waals surface area contributed by atoms with Crippen molar-refractivity contribution in [2.24, 2.45) is 0 Å². The van der Waals surface area contributed by atoms with Crippen molar-refractivity contribution < 1.29 is 13.2 Å². The van der Waals surface area contributed by atoms with Gasteiger partial charge >= 0.3 is 5.69 Å². The number of hydrogen-bond acceptors (Lipinski definition) is 4. The number of amides is 1. The molecule has 2 heterocycles. The third kappa shape index (κ3) is 4.35. The Bertz CT molecular complexity index is 1350. The van der Waals surface area contributed by atoms with Crippen LogP contribution in [0.25, 0.3) is 11.0 Å². The molecule has 8 nitrogen and oxygen atoms in total. The summed E-state index contributed by atoms with van der Waals surface area (Å²) in [5.74, 6) is -0.339. The lowest BCUT2D eigenvalue weighted by atomic mass is 10.1. The van der Waals surface area contributed by atoms with Crippen LogP contribution in [-0.4, -0.2) is 40.9 Å². The van der Waals surface area contributed by atoms with Gasteiger partial charge in [-0.05, 0) is 62.9 Å². The molecule has 1 N–H and O–H groups in total. The average Bonchev–Trinajstić information content (AvgIpc) is 3.41. The second-order valence-electron chi connectivity index (χ2n) is 8.65. The van der Waals surface area contributed by atoms with E-state index in [0.717, 1.165) is 24.8 Å². The smallest absolute Gasteiger partial charge is 0.324 e. The number of sulfonamides is 1. The highest BCUT2D eigenvalue weighted by Gasteiger charge is 2.28. The van der Waals surface area contributed by atoms with E-state index >= 15 is 0 Å². The molecule has 1 aliphatic heterocycles. The molecular formula is C24H30N4O4S. The minimum atomic E-state index is -3.65. The van der Waals surface area contributed by atoms with Crippen LogP contribution in [0.2, 0.25) is 0 Å². The summed E-state index contributed by atoms with van der Waals surface area (Å²) in [6.45, 7) is 6.57. The van der Waals surface area contributed by atoms with E-state index in [9.17, 15) is 18.0 Å². The van der Waals surface area contributed by atoms with Gasteiger partial charge in [-0.15, -0.1) is 0 Å². The molecule has 1 saturated heterocycles. The monoisotopic (exact) mass is 470 g/mol. The van der Waals surface area contributed by atoms with Gasteiger partial charge in [-0.25, -0.2) is 13.2 Å². The summed E-state index contributed by atoms with van der Waals surface area (Å²) in [7, 11) is -3.65. The van der Waals surface area contributed by atoms with E-state index in [1.165, 1.54) is 14.9 Å². The summed E-state index contributed by atoms with van der Waals surface area (Å²) in [6.07, 6.45) is 2.45. The van der Waals surface area contributed by atoms with E-state index in [4.69, 9.17) is 0 Å². The maximum atomic E-state index is 13.2. The number of carbonyl (C=O) groups is 1. The maximum absolute atomic E-state index is 13.2. The number of nitrogens with one attached hydrogen (secondary N) is 1. The van der Waals surface area contributed by atoms with Gasteiger partial charge in [0.1, 0.15) is 6.54 Å². The van der Waals surface area contributed by atoms with Crippen molar-refractivity contribution >= 4 is 32.7 Å². The number of nitrogens with zero attached hydrogens (tertiary/aromatic N) is 3. The van der Waals surface area contributed by atoms with Crippen LogP contribution in [0.3, 0.4) is 0 Å². The lowest BCUT2D eigenvalue weighted by molar-refractivity contribution is -0.116. The van der Waals surface area contributed by atoms with Crippen LogP contribution < -0.4 is 11.0 Å². The fourth-order valence-corrected chi connectivity index (χ4v) is 5.97. The molecule has 33 heavy (non-hydrogen) atoms. The van der Waals surface area contributed by atoms with Crippen molar-refractivity contribution in [2.75, 3.05) is 18.4 Å². The topological polar surface area (TPSA) is 93.4 Å². The van der Waals surface area contributed by atoms with E-state index in [1.807, 2.05) is 45.0 Å². The third-order valence-corrected chi connectivity index (χ3v) is 8.02. The molecule has 0 atom stereocenters. The Kier molecular flexibility index (Phi) is 6.45. The number of fused-ring (bicyclic) bond motifs is 1. The normalized spacial score (nSPS) is 14.9.